The lowest BCUT2D eigenvalue weighted by molar-refractivity contribution is -0.870. The molecule has 1 heterocycles. The number of hydrogen-bond acceptors (Lipinski definition) is 4. The van der Waals surface area contributed by atoms with E-state index in [-0.39, 0.29) is 0 Å². The first-order chi connectivity index (χ1) is 8.88. The van der Waals surface area contributed by atoms with E-state index in [9.17, 15) is 0 Å². The number of aromatic nitrogens is 1. The summed E-state index contributed by atoms with van der Waals surface area (Å²) >= 11 is 0. The minimum absolute atomic E-state index is 0.609. The number of aryl methyl sites for hydroxylation is 1. The van der Waals surface area contributed by atoms with Crippen molar-refractivity contribution in [3.05, 3.63) is 18.0 Å². The van der Waals surface area contributed by atoms with Gasteiger partial charge in [0.25, 0.3) is 0 Å². The van der Waals surface area contributed by atoms with Crippen molar-refractivity contribution in [1.29, 1.82) is 0 Å². The SMILES string of the molecule is C[N+](C)(C)CCCOCCCc1ncc(N)cc1N. The lowest BCUT2D eigenvalue weighted by atomic mass is 10.2. The maximum Gasteiger partial charge on any atom is 0.0802 e. The molecule has 1 aromatic heterocycles. The van der Waals surface area contributed by atoms with E-state index < -0.39 is 0 Å². The number of nitrogens with two attached hydrogens (primary N) is 2. The molecule has 1 aromatic rings. The zero-order valence-corrected chi connectivity index (χ0v) is 12.4. The van der Waals surface area contributed by atoms with Gasteiger partial charge in [0.15, 0.2) is 0 Å². The summed E-state index contributed by atoms with van der Waals surface area (Å²) in [6.45, 7) is 2.70. The average Bonchev–Trinajstić information content (AvgIpc) is 2.29. The predicted molar refractivity (Wildman–Crippen MR) is 79.7 cm³/mol. The molecule has 1 rings (SSSR count). The molecule has 5 heteroatoms. The Balaban J connectivity index is 2.11. The number of hydrogen-bond donors (Lipinski definition) is 2. The first-order valence-electron chi connectivity index (χ1n) is 6.76. The summed E-state index contributed by atoms with van der Waals surface area (Å²) in [4.78, 5) is 4.24. The Morgan fingerprint density at radius 3 is 2.47 bits per heavy atom. The summed E-state index contributed by atoms with van der Waals surface area (Å²) in [6, 6.07) is 1.75. The van der Waals surface area contributed by atoms with E-state index in [1.54, 1.807) is 12.3 Å². The van der Waals surface area contributed by atoms with Crippen LogP contribution in [0.5, 0.6) is 0 Å². The maximum absolute atomic E-state index is 5.85. The smallest absolute Gasteiger partial charge is 0.0802 e. The molecule has 5 nitrogen and oxygen atoms in total. The van der Waals surface area contributed by atoms with Crippen molar-refractivity contribution in [2.45, 2.75) is 19.3 Å². The number of nitrogen functional groups attached to an aromatic ring is 2. The predicted octanol–water partition coefficient (Wildman–Crippen LogP) is 1.29. The monoisotopic (exact) mass is 267 g/mol. The van der Waals surface area contributed by atoms with Gasteiger partial charge in [0, 0.05) is 13.0 Å². The summed E-state index contributed by atoms with van der Waals surface area (Å²) in [6.07, 6.45) is 4.51. The van der Waals surface area contributed by atoms with E-state index in [1.165, 1.54) is 0 Å². The molecule has 0 aliphatic rings. The van der Waals surface area contributed by atoms with Gasteiger partial charge in [-0.3, -0.25) is 4.98 Å². The Labute approximate surface area is 116 Å². The van der Waals surface area contributed by atoms with E-state index in [2.05, 4.69) is 26.1 Å². The molecular formula is C14H27N4O+. The van der Waals surface area contributed by atoms with Crippen LogP contribution in [0.4, 0.5) is 11.4 Å². The maximum atomic E-state index is 5.85. The van der Waals surface area contributed by atoms with E-state index in [1.807, 2.05) is 0 Å². The molecule has 0 fully saturated rings. The number of nitrogens with zero attached hydrogens (tertiary/aromatic N) is 2. The molecule has 0 amide bonds. The highest BCUT2D eigenvalue weighted by Crippen LogP contribution is 2.13. The average molecular weight is 267 g/mol. The second-order valence-electron chi connectivity index (χ2n) is 5.89. The van der Waals surface area contributed by atoms with Crippen molar-refractivity contribution in [1.82, 2.24) is 4.98 Å². The molecule has 0 spiro atoms. The van der Waals surface area contributed by atoms with Crippen LogP contribution in [-0.2, 0) is 11.2 Å². The molecule has 108 valence electrons. The highest BCUT2D eigenvalue weighted by molar-refractivity contribution is 5.52. The summed E-state index contributed by atoms with van der Waals surface area (Å²) in [5, 5.41) is 0. The standard InChI is InChI=1S/C14H27N4O/c1-18(2,3)7-5-9-19-8-4-6-14-13(16)10-12(15)11-17-14/h10-11H,4-9,15-16H2,1-3H3/q+1. The van der Waals surface area contributed by atoms with Crippen LogP contribution < -0.4 is 11.5 Å². The van der Waals surface area contributed by atoms with Crippen molar-refractivity contribution in [2.75, 3.05) is 52.4 Å². The third-order valence-electron chi connectivity index (χ3n) is 2.84. The van der Waals surface area contributed by atoms with Gasteiger partial charge >= 0.3 is 0 Å². The lowest BCUT2D eigenvalue weighted by Crippen LogP contribution is -2.35. The number of rotatable bonds is 8. The van der Waals surface area contributed by atoms with E-state index in [0.717, 1.165) is 49.2 Å². The minimum Gasteiger partial charge on any atom is -0.397 e. The lowest BCUT2D eigenvalue weighted by Gasteiger charge is -2.23. The molecule has 19 heavy (non-hydrogen) atoms. The van der Waals surface area contributed by atoms with Crippen LogP contribution in [0.1, 0.15) is 18.5 Å². The van der Waals surface area contributed by atoms with Crippen LogP contribution >= 0.6 is 0 Å². The van der Waals surface area contributed by atoms with Crippen LogP contribution in [0.25, 0.3) is 0 Å². The molecule has 0 aliphatic heterocycles. The molecular weight excluding hydrogens is 240 g/mol. The topological polar surface area (TPSA) is 74.2 Å². The molecule has 0 bridgehead atoms. The summed E-state index contributed by atoms with van der Waals surface area (Å²) < 4.78 is 6.59. The van der Waals surface area contributed by atoms with Crippen molar-refractivity contribution in [2.24, 2.45) is 0 Å². The minimum atomic E-state index is 0.609. The van der Waals surface area contributed by atoms with Gasteiger partial charge in [-0.05, 0) is 18.9 Å². The Hall–Kier alpha value is -1.33. The van der Waals surface area contributed by atoms with Crippen molar-refractivity contribution in [3.8, 4) is 0 Å². The Morgan fingerprint density at radius 2 is 1.84 bits per heavy atom. The van der Waals surface area contributed by atoms with Crippen LogP contribution in [0.15, 0.2) is 12.3 Å². The molecule has 0 aromatic carbocycles. The summed E-state index contributed by atoms with van der Waals surface area (Å²) in [5.74, 6) is 0. The highest BCUT2D eigenvalue weighted by Gasteiger charge is 2.05. The molecule has 0 atom stereocenters. The van der Waals surface area contributed by atoms with Crippen LogP contribution in [0.3, 0.4) is 0 Å². The van der Waals surface area contributed by atoms with Crippen LogP contribution in [0, 0.1) is 0 Å². The number of ether oxygens (including phenoxy) is 1. The molecule has 4 N–H and O–H groups in total. The molecule has 0 aliphatic carbocycles. The van der Waals surface area contributed by atoms with Crippen molar-refractivity contribution >= 4 is 11.4 Å². The Morgan fingerprint density at radius 1 is 1.16 bits per heavy atom. The normalized spacial score (nSPS) is 11.7. The first kappa shape index (κ1) is 15.7. The zero-order chi connectivity index (χ0) is 14.3. The molecule has 0 saturated carbocycles. The zero-order valence-electron chi connectivity index (χ0n) is 12.4. The van der Waals surface area contributed by atoms with Crippen molar-refractivity contribution in [3.63, 3.8) is 0 Å². The second-order valence-corrected chi connectivity index (χ2v) is 5.89. The molecule has 0 radical (unpaired) electrons. The number of pyridine rings is 1. The first-order valence-corrected chi connectivity index (χ1v) is 6.76. The Bertz CT molecular complexity index is 388. The van der Waals surface area contributed by atoms with E-state index >= 15 is 0 Å². The largest absolute Gasteiger partial charge is 0.397 e. The van der Waals surface area contributed by atoms with Gasteiger partial charge < -0.3 is 20.7 Å². The third kappa shape index (κ3) is 6.98. The van der Waals surface area contributed by atoms with Crippen LogP contribution in [0.2, 0.25) is 0 Å². The Kier molecular flexibility index (Phi) is 6.05. The number of quaternary nitrogens is 1. The van der Waals surface area contributed by atoms with Gasteiger partial charge in [0.2, 0.25) is 0 Å². The van der Waals surface area contributed by atoms with Gasteiger partial charge in [0.05, 0.1) is 57.6 Å². The fourth-order valence-electron chi connectivity index (χ4n) is 1.82. The van der Waals surface area contributed by atoms with Crippen LogP contribution in [-0.4, -0.2) is 50.4 Å². The van der Waals surface area contributed by atoms with Gasteiger partial charge in [-0.25, -0.2) is 0 Å². The van der Waals surface area contributed by atoms with E-state index in [0.29, 0.717) is 11.4 Å². The van der Waals surface area contributed by atoms with Gasteiger partial charge in [-0.2, -0.15) is 0 Å². The summed E-state index contributed by atoms with van der Waals surface area (Å²) in [5.41, 5.74) is 13.6. The van der Waals surface area contributed by atoms with Gasteiger partial charge in [0.1, 0.15) is 0 Å². The quantitative estimate of drug-likeness (QED) is 0.550. The summed E-state index contributed by atoms with van der Waals surface area (Å²) in [7, 11) is 6.57. The molecule has 0 unspecified atom stereocenters. The fourth-order valence-corrected chi connectivity index (χ4v) is 1.82. The number of anilines is 2. The van der Waals surface area contributed by atoms with E-state index in [4.69, 9.17) is 16.2 Å². The third-order valence-corrected chi connectivity index (χ3v) is 2.84. The van der Waals surface area contributed by atoms with Gasteiger partial charge in [-0.1, -0.05) is 0 Å². The van der Waals surface area contributed by atoms with Crippen molar-refractivity contribution < 1.29 is 9.22 Å². The molecule has 0 saturated heterocycles. The van der Waals surface area contributed by atoms with Gasteiger partial charge in [-0.15, -0.1) is 0 Å². The second kappa shape index (κ2) is 7.31. The fraction of sp³-hybridized carbons (Fsp3) is 0.643. The highest BCUT2D eigenvalue weighted by atomic mass is 16.5.